The van der Waals surface area contributed by atoms with Crippen LogP contribution in [0, 0.1) is 0 Å². The van der Waals surface area contributed by atoms with Crippen LogP contribution in [0.1, 0.15) is 23.9 Å². The van der Waals surface area contributed by atoms with E-state index in [1.54, 1.807) is 0 Å². The van der Waals surface area contributed by atoms with Crippen molar-refractivity contribution in [1.29, 1.82) is 0 Å². The summed E-state index contributed by atoms with van der Waals surface area (Å²) < 4.78 is 8.19. The van der Waals surface area contributed by atoms with Crippen molar-refractivity contribution < 1.29 is 4.74 Å². The lowest BCUT2D eigenvalue weighted by molar-refractivity contribution is 0.241. The largest absolute Gasteiger partial charge is 0.488 e. The fourth-order valence-corrected chi connectivity index (χ4v) is 3.68. The van der Waals surface area contributed by atoms with Crippen molar-refractivity contribution in [1.82, 2.24) is 20.2 Å². The highest BCUT2D eigenvalue weighted by Gasteiger charge is 2.21. The number of nitrogens with one attached hydrogen (secondary N) is 2. The molecule has 7 heteroatoms. The first-order chi connectivity index (χ1) is 14.8. The van der Waals surface area contributed by atoms with Crippen molar-refractivity contribution in [3.05, 3.63) is 83.9 Å². The summed E-state index contributed by atoms with van der Waals surface area (Å²) in [5, 5.41) is 6.74. The Balaban J connectivity index is 0.00000272. The number of aliphatic imine (C=N–C) groups is 1. The van der Waals surface area contributed by atoms with Gasteiger partial charge in [0.15, 0.2) is 5.96 Å². The summed E-state index contributed by atoms with van der Waals surface area (Å²) in [7, 11) is 0. The van der Waals surface area contributed by atoms with Crippen LogP contribution in [0.25, 0.3) is 0 Å². The van der Waals surface area contributed by atoms with Crippen LogP contribution >= 0.6 is 24.0 Å². The van der Waals surface area contributed by atoms with E-state index in [1.165, 1.54) is 11.1 Å². The van der Waals surface area contributed by atoms with Gasteiger partial charge < -0.3 is 19.9 Å². The highest BCUT2D eigenvalue weighted by Crippen LogP contribution is 2.28. The van der Waals surface area contributed by atoms with Crippen molar-refractivity contribution in [3.63, 3.8) is 0 Å². The van der Waals surface area contributed by atoms with Crippen molar-refractivity contribution in [3.8, 4) is 5.75 Å². The van der Waals surface area contributed by atoms with Crippen molar-refractivity contribution >= 4 is 29.9 Å². The number of aromatic nitrogens is 2. The van der Waals surface area contributed by atoms with Crippen LogP contribution in [0.2, 0.25) is 0 Å². The van der Waals surface area contributed by atoms with E-state index in [0.717, 1.165) is 50.0 Å². The zero-order valence-corrected chi connectivity index (χ0v) is 20.2. The highest BCUT2D eigenvalue weighted by molar-refractivity contribution is 14.0. The number of para-hydroxylation sites is 1. The fraction of sp³-hybridized carbons (Fsp3) is 0.333. The van der Waals surface area contributed by atoms with E-state index in [9.17, 15) is 0 Å². The molecule has 0 saturated carbocycles. The number of hydrogen-bond acceptors (Lipinski definition) is 3. The number of rotatable bonds is 8. The SMILES string of the molecule is CCNC(=NCC1Cc2ccccc2O1)NCCc1nccn1Cc1ccccc1.I. The summed E-state index contributed by atoms with van der Waals surface area (Å²) in [6.45, 7) is 5.13. The van der Waals surface area contributed by atoms with Crippen molar-refractivity contribution in [2.75, 3.05) is 19.6 Å². The Labute approximate surface area is 201 Å². The van der Waals surface area contributed by atoms with Crippen LogP contribution in [-0.2, 0) is 19.4 Å². The van der Waals surface area contributed by atoms with Gasteiger partial charge in [-0.1, -0.05) is 48.5 Å². The molecule has 1 aromatic heterocycles. The molecule has 0 aliphatic carbocycles. The smallest absolute Gasteiger partial charge is 0.191 e. The van der Waals surface area contributed by atoms with Crippen LogP contribution < -0.4 is 15.4 Å². The molecule has 1 unspecified atom stereocenters. The third kappa shape index (κ3) is 6.46. The Kier molecular flexibility index (Phi) is 8.75. The molecule has 0 bridgehead atoms. The van der Waals surface area contributed by atoms with Gasteiger partial charge in [0.2, 0.25) is 0 Å². The molecule has 0 spiro atoms. The van der Waals surface area contributed by atoms with Gasteiger partial charge in [-0.05, 0) is 24.1 Å². The normalized spacial score (nSPS) is 15.0. The standard InChI is InChI=1S/C24H29N5O.HI/c1-2-25-24(28-17-21-16-20-10-6-7-11-22(20)30-21)27-13-12-23-26-14-15-29(23)18-19-8-4-3-5-9-19;/h3-11,14-15,21H,2,12-13,16-18H2,1H3,(H2,25,27,28);1H. The third-order valence-electron chi connectivity index (χ3n) is 5.15. The molecule has 164 valence electrons. The van der Waals surface area contributed by atoms with Crippen molar-refractivity contribution in [2.45, 2.75) is 32.4 Å². The third-order valence-corrected chi connectivity index (χ3v) is 5.15. The average Bonchev–Trinajstić information content (AvgIpc) is 3.39. The molecule has 4 rings (SSSR count). The molecule has 1 aliphatic heterocycles. The molecule has 0 fully saturated rings. The van der Waals surface area contributed by atoms with Crippen LogP contribution in [0.5, 0.6) is 5.75 Å². The van der Waals surface area contributed by atoms with E-state index in [1.807, 2.05) is 30.6 Å². The Morgan fingerprint density at radius 2 is 1.94 bits per heavy atom. The Hall–Kier alpha value is -2.55. The summed E-state index contributed by atoms with van der Waals surface area (Å²) in [5.74, 6) is 2.87. The number of benzene rings is 2. The number of imidazole rings is 1. The Morgan fingerprint density at radius 1 is 1.13 bits per heavy atom. The van der Waals surface area contributed by atoms with Crippen LogP contribution in [-0.4, -0.2) is 41.2 Å². The summed E-state index contributed by atoms with van der Waals surface area (Å²) in [5.41, 5.74) is 2.54. The molecule has 0 radical (unpaired) electrons. The quantitative estimate of drug-likeness (QED) is 0.265. The zero-order valence-electron chi connectivity index (χ0n) is 17.8. The van der Waals surface area contributed by atoms with E-state index < -0.39 is 0 Å². The zero-order chi connectivity index (χ0) is 20.6. The number of ether oxygens (including phenoxy) is 1. The predicted molar refractivity (Wildman–Crippen MR) is 135 cm³/mol. The van der Waals surface area contributed by atoms with Crippen molar-refractivity contribution in [2.24, 2.45) is 4.99 Å². The molecular formula is C24H30IN5O. The molecule has 3 aromatic rings. The average molecular weight is 531 g/mol. The molecule has 2 aromatic carbocycles. The number of nitrogens with zero attached hydrogens (tertiary/aromatic N) is 3. The molecule has 2 N–H and O–H groups in total. The lowest BCUT2D eigenvalue weighted by Crippen LogP contribution is -2.39. The minimum absolute atomic E-state index is 0. The lowest BCUT2D eigenvalue weighted by atomic mass is 10.1. The molecule has 2 heterocycles. The Morgan fingerprint density at radius 3 is 2.74 bits per heavy atom. The number of fused-ring (bicyclic) bond motifs is 1. The maximum absolute atomic E-state index is 6.00. The maximum Gasteiger partial charge on any atom is 0.191 e. The summed E-state index contributed by atoms with van der Waals surface area (Å²) in [6.07, 6.45) is 5.75. The first-order valence-electron chi connectivity index (χ1n) is 10.6. The van der Waals surface area contributed by atoms with Gasteiger partial charge in [0.25, 0.3) is 0 Å². The minimum Gasteiger partial charge on any atom is -0.488 e. The second kappa shape index (κ2) is 11.7. The number of guanidine groups is 1. The summed E-state index contributed by atoms with van der Waals surface area (Å²) in [6, 6.07) is 18.7. The predicted octanol–water partition coefficient (Wildman–Crippen LogP) is 3.65. The van der Waals surface area contributed by atoms with E-state index in [-0.39, 0.29) is 30.1 Å². The molecular weight excluding hydrogens is 501 g/mol. The molecule has 31 heavy (non-hydrogen) atoms. The second-order valence-corrected chi connectivity index (χ2v) is 7.41. The number of halogens is 1. The Bertz CT molecular complexity index is 948. The van der Waals surface area contributed by atoms with E-state index in [2.05, 4.69) is 63.5 Å². The fourth-order valence-electron chi connectivity index (χ4n) is 3.68. The number of hydrogen-bond donors (Lipinski definition) is 2. The molecule has 0 amide bonds. The van der Waals surface area contributed by atoms with Gasteiger partial charge >= 0.3 is 0 Å². The van der Waals surface area contributed by atoms with Crippen LogP contribution in [0.15, 0.2) is 72.0 Å². The molecule has 6 nitrogen and oxygen atoms in total. The van der Waals surface area contributed by atoms with Crippen LogP contribution in [0.3, 0.4) is 0 Å². The van der Waals surface area contributed by atoms with Gasteiger partial charge in [0.05, 0.1) is 6.54 Å². The van der Waals surface area contributed by atoms with E-state index >= 15 is 0 Å². The highest BCUT2D eigenvalue weighted by atomic mass is 127. The van der Waals surface area contributed by atoms with Gasteiger partial charge in [0, 0.05) is 44.9 Å². The molecule has 1 atom stereocenters. The lowest BCUT2D eigenvalue weighted by Gasteiger charge is -2.14. The maximum atomic E-state index is 6.00. The summed E-state index contributed by atoms with van der Waals surface area (Å²) in [4.78, 5) is 9.26. The second-order valence-electron chi connectivity index (χ2n) is 7.41. The van der Waals surface area contributed by atoms with Gasteiger partial charge in [-0.3, -0.25) is 0 Å². The molecule has 0 saturated heterocycles. The van der Waals surface area contributed by atoms with Crippen LogP contribution in [0.4, 0.5) is 0 Å². The first-order valence-corrected chi connectivity index (χ1v) is 10.6. The minimum atomic E-state index is 0. The topological polar surface area (TPSA) is 63.5 Å². The first kappa shape index (κ1) is 23.1. The van der Waals surface area contributed by atoms with Gasteiger partial charge in [0.1, 0.15) is 17.7 Å². The monoisotopic (exact) mass is 531 g/mol. The van der Waals surface area contributed by atoms with Gasteiger partial charge in [-0.2, -0.15) is 0 Å². The van der Waals surface area contributed by atoms with E-state index in [4.69, 9.17) is 9.73 Å². The van der Waals surface area contributed by atoms with Gasteiger partial charge in [-0.25, -0.2) is 9.98 Å². The van der Waals surface area contributed by atoms with Gasteiger partial charge in [-0.15, -0.1) is 24.0 Å². The van der Waals surface area contributed by atoms with E-state index in [0.29, 0.717) is 6.54 Å². The summed E-state index contributed by atoms with van der Waals surface area (Å²) >= 11 is 0. The molecule has 1 aliphatic rings.